The third-order valence-electron chi connectivity index (χ3n) is 3.13. The fourth-order valence-corrected chi connectivity index (χ4v) is 5.17. The molecule has 0 bridgehead atoms. The molecule has 20 heavy (non-hydrogen) atoms. The van der Waals surface area contributed by atoms with Gasteiger partial charge in [0.25, 0.3) is 0 Å². The van der Waals surface area contributed by atoms with Gasteiger partial charge in [0.15, 0.2) is 30.8 Å². The molecule has 0 saturated carbocycles. The second-order valence-electron chi connectivity index (χ2n) is 4.40. The predicted molar refractivity (Wildman–Crippen MR) is 85.5 cm³/mol. The van der Waals surface area contributed by atoms with Crippen molar-refractivity contribution in [2.45, 2.75) is 0 Å². The number of hydrogen-bond acceptors (Lipinski definition) is 6. The number of thiophene rings is 2. The highest BCUT2D eigenvalue weighted by molar-refractivity contribution is 9.11. The quantitative estimate of drug-likeness (QED) is 0.718. The maximum atomic E-state index is 5.81. The maximum absolute atomic E-state index is 5.81. The van der Waals surface area contributed by atoms with Gasteiger partial charge in [-0.15, -0.1) is 22.7 Å². The van der Waals surface area contributed by atoms with E-state index in [2.05, 4.69) is 15.9 Å². The van der Waals surface area contributed by atoms with E-state index < -0.39 is 0 Å². The molecule has 0 atom stereocenters. The van der Waals surface area contributed by atoms with Crippen LogP contribution in [0, 0.1) is 0 Å². The lowest BCUT2D eigenvalue weighted by Crippen LogP contribution is -2.18. The van der Waals surface area contributed by atoms with Gasteiger partial charge in [0, 0.05) is 4.78 Å². The molecule has 4 rings (SSSR count). The zero-order valence-electron chi connectivity index (χ0n) is 10.7. The van der Waals surface area contributed by atoms with Crippen molar-refractivity contribution in [1.82, 2.24) is 0 Å². The highest BCUT2D eigenvalue weighted by Gasteiger charge is 2.30. The van der Waals surface area contributed by atoms with Crippen LogP contribution < -0.4 is 23.7 Å². The Labute approximate surface area is 133 Å². The topological polar surface area (TPSA) is 36.9 Å². The molecule has 2 aliphatic heterocycles. The molecule has 0 aromatic carbocycles. The SMILES string of the molecule is Bc1sc(-c2sc(Br)c3c2OCCO3)c2c1OCCO2. The third kappa shape index (κ3) is 1.85. The molecule has 0 unspecified atom stereocenters. The first-order chi connectivity index (χ1) is 9.75. The van der Waals surface area contributed by atoms with Gasteiger partial charge in [0.2, 0.25) is 0 Å². The van der Waals surface area contributed by atoms with E-state index in [0.717, 1.165) is 41.3 Å². The fraction of sp³-hybridized carbons (Fsp3) is 0.333. The lowest BCUT2D eigenvalue weighted by atomic mass is 10.1. The fourth-order valence-electron chi connectivity index (χ4n) is 2.31. The number of halogens is 1. The summed E-state index contributed by atoms with van der Waals surface area (Å²) in [7, 11) is 2.05. The van der Waals surface area contributed by atoms with Crippen molar-refractivity contribution in [3.63, 3.8) is 0 Å². The first-order valence-electron chi connectivity index (χ1n) is 6.23. The standard InChI is InChI=1S/C12H10BBrO4S2/c13-11-7-5(15-1-3-17-7)9(19-11)10-6-8(12(14)20-10)18-4-2-16-6/h1-4,13H2. The van der Waals surface area contributed by atoms with Crippen LogP contribution in [0.2, 0.25) is 0 Å². The second kappa shape index (κ2) is 4.86. The predicted octanol–water partition coefficient (Wildman–Crippen LogP) is 2.04. The van der Waals surface area contributed by atoms with Crippen molar-refractivity contribution < 1.29 is 18.9 Å². The molecule has 0 saturated heterocycles. The van der Waals surface area contributed by atoms with Gasteiger partial charge in [-0.3, -0.25) is 0 Å². The molecular formula is C12H10BBrO4S2. The Morgan fingerprint density at radius 3 is 1.95 bits per heavy atom. The summed E-state index contributed by atoms with van der Waals surface area (Å²) in [6.07, 6.45) is 0. The van der Waals surface area contributed by atoms with Crippen LogP contribution in [0.15, 0.2) is 3.79 Å². The van der Waals surface area contributed by atoms with Crippen molar-refractivity contribution in [2.24, 2.45) is 0 Å². The monoisotopic (exact) mass is 372 g/mol. The largest absolute Gasteiger partial charge is 0.486 e. The van der Waals surface area contributed by atoms with Crippen molar-refractivity contribution in [3.05, 3.63) is 3.79 Å². The maximum Gasteiger partial charge on any atom is 0.187 e. The molecule has 4 heterocycles. The number of fused-ring (bicyclic) bond motifs is 2. The summed E-state index contributed by atoms with van der Waals surface area (Å²) in [6.45, 7) is 2.36. The molecule has 0 fully saturated rings. The van der Waals surface area contributed by atoms with Gasteiger partial charge in [-0.25, -0.2) is 0 Å². The van der Waals surface area contributed by atoms with Gasteiger partial charge in [0.05, 0.1) is 9.75 Å². The summed E-state index contributed by atoms with van der Waals surface area (Å²) in [4.78, 5) is 2.11. The van der Waals surface area contributed by atoms with Gasteiger partial charge in [-0.2, -0.15) is 0 Å². The van der Waals surface area contributed by atoms with Crippen LogP contribution in [0.1, 0.15) is 0 Å². The molecule has 0 amide bonds. The molecule has 2 aromatic heterocycles. The Bertz CT molecular complexity index is 623. The molecule has 0 spiro atoms. The molecular weight excluding hydrogens is 363 g/mol. The minimum Gasteiger partial charge on any atom is -0.486 e. The summed E-state index contributed by atoms with van der Waals surface area (Å²) in [5.74, 6) is 3.31. The second-order valence-corrected chi connectivity index (χ2v) is 7.97. The van der Waals surface area contributed by atoms with Crippen LogP contribution in [-0.2, 0) is 0 Å². The molecule has 0 aliphatic carbocycles. The third-order valence-corrected chi connectivity index (χ3v) is 6.15. The van der Waals surface area contributed by atoms with Crippen molar-refractivity contribution in [2.75, 3.05) is 26.4 Å². The van der Waals surface area contributed by atoms with E-state index in [1.807, 2.05) is 7.85 Å². The lowest BCUT2D eigenvalue weighted by molar-refractivity contribution is 0.172. The average Bonchev–Trinajstić information content (AvgIpc) is 2.99. The van der Waals surface area contributed by atoms with Gasteiger partial charge in [-0.05, 0) is 15.9 Å². The Morgan fingerprint density at radius 2 is 1.25 bits per heavy atom. The number of rotatable bonds is 1. The van der Waals surface area contributed by atoms with Crippen LogP contribution in [0.5, 0.6) is 23.0 Å². The Kier molecular flexibility index (Phi) is 3.12. The number of hydrogen-bond donors (Lipinski definition) is 0. The molecule has 0 N–H and O–H groups in total. The minimum atomic E-state index is 0.576. The minimum absolute atomic E-state index is 0.576. The van der Waals surface area contributed by atoms with E-state index >= 15 is 0 Å². The van der Waals surface area contributed by atoms with Gasteiger partial charge in [0.1, 0.15) is 30.2 Å². The van der Waals surface area contributed by atoms with Gasteiger partial charge < -0.3 is 18.9 Å². The first-order valence-corrected chi connectivity index (χ1v) is 8.65. The van der Waals surface area contributed by atoms with Crippen molar-refractivity contribution in [1.29, 1.82) is 0 Å². The van der Waals surface area contributed by atoms with E-state index in [1.54, 1.807) is 22.7 Å². The van der Waals surface area contributed by atoms with Crippen LogP contribution in [-0.4, -0.2) is 34.3 Å². The molecule has 0 radical (unpaired) electrons. The average molecular weight is 373 g/mol. The zero-order valence-corrected chi connectivity index (χ0v) is 13.9. The summed E-state index contributed by atoms with van der Waals surface area (Å²) in [5, 5.41) is 0. The van der Waals surface area contributed by atoms with E-state index in [4.69, 9.17) is 18.9 Å². The van der Waals surface area contributed by atoms with Crippen LogP contribution in [0.4, 0.5) is 0 Å². The molecule has 104 valence electrons. The highest BCUT2D eigenvalue weighted by atomic mass is 79.9. The van der Waals surface area contributed by atoms with E-state index in [1.165, 1.54) is 0 Å². The Balaban J connectivity index is 1.90. The Morgan fingerprint density at radius 1 is 0.750 bits per heavy atom. The normalized spacial score (nSPS) is 16.2. The molecule has 2 aromatic rings. The summed E-state index contributed by atoms with van der Waals surface area (Å²) < 4.78 is 25.1. The molecule has 2 aliphatic rings. The molecule has 8 heteroatoms. The molecule has 4 nitrogen and oxygen atoms in total. The number of ether oxygens (including phenoxy) is 4. The highest BCUT2D eigenvalue weighted by Crippen LogP contribution is 2.56. The first kappa shape index (κ1) is 12.9. The summed E-state index contributed by atoms with van der Waals surface area (Å²) in [6, 6.07) is 0. The van der Waals surface area contributed by atoms with Crippen LogP contribution in [0.25, 0.3) is 9.75 Å². The lowest BCUT2D eigenvalue weighted by Gasteiger charge is -2.18. The van der Waals surface area contributed by atoms with Gasteiger partial charge >= 0.3 is 0 Å². The summed E-state index contributed by atoms with van der Waals surface area (Å²) in [5.41, 5.74) is 0. The van der Waals surface area contributed by atoms with Gasteiger partial charge in [-0.1, -0.05) is 0 Å². The smallest absolute Gasteiger partial charge is 0.187 e. The summed E-state index contributed by atoms with van der Waals surface area (Å²) >= 11 is 6.83. The van der Waals surface area contributed by atoms with E-state index in [9.17, 15) is 0 Å². The van der Waals surface area contributed by atoms with Crippen molar-refractivity contribution >= 4 is 51.2 Å². The van der Waals surface area contributed by atoms with E-state index in [0.29, 0.717) is 26.4 Å². The van der Waals surface area contributed by atoms with E-state index in [-0.39, 0.29) is 0 Å². The Hall–Kier alpha value is -0.855. The van der Waals surface area contributed by atoms with Crippen LogP contribution >= 0.6 is 38.6 Å². The zero-order chi connectivity index (χ0) is 13.7. The van der Waals surface area contributed by atoms with Crippen molar-refractivity contribution in [3.8, 4) is 32.8 Å². The van der Waals surface area contributed by atoms with Crippen LogP contribution in [0.3, 0.4) is 0 Å².